The summed E-state index contributed by atoms with van der Waals surface area (Å²) in [5, 5.41) is 0. The van der Waals surface area contributed by atoms with Crippen molar-refractivity contribution in [3.05, 3.63) is 11.6 Å². The van der Waals surface area contributed by atoms with Gasteiger partial charge in [-0.1, -0.05) is 19.9 Å². The Kier molecular flexibility index (Phi) is 1.67. The lowest BCUT2D eigenvalue weighted by molar-refractivity contribution is -0.104. The van der Waals surface area contributed by atoms with Crippen molar-refractivity contribution in [1.82, 2.24) is 0 Å². The fourth-order valence-electron chi connectivity index (χ4n) is 1.15. The molecule has 1 nitrogen and oxygen atoms in total. The van der Waals surface area contributed by atoms with Gasteiger partial charge in [-0.3, -0.25) is 4.79 Å². The summed E-state index contributed by atoms with van der Waals surface area (Å²) in [6, 6.07) is 0. The Hall–Kier alpha value is -0.590. The summed E-state index contributed by atoms with van der Waals surface area (Å²) < 4.78 is 0. The van der Waals surface area contributed by atoms with Crippen LogP contribution in [0, 0.1) is 11.3 Å². The Labute approximate surface area is 62.1 Å². The molecule has 1 fully saturated rings. The van der Waals surface area contributed by atoms with E-state index in [2.05, 4.69) is 19.9 Å². The van der Waals surface area contributed by atoms with Gasteiger partial charge in [0.1, 0.15) is 6.29 Å². The third-order valence-electron chi connectivity index (χ3n) is 2.24. The van der Waals surface area contributed by atoms with Crippen LogP contribution in [0.3, 0.4) is 0 Å². The molecule has 0 aromatic carbocycles. The molecule has 0 bridgehead atoms. The monoisotopic (exact) mass is 138 g/mol. The molecule has 0 heterocycles. The largest absolute Gasteiger partial charge is 0.298 e. The fourth-order valence-corrected chi connectivity index (χ4v) is 1.15. The normalized spacial score (nSPS) is 29.9. The summed E-state index contributed by atoms with van der Waals surface area (Å²) in [6.45, 7) is 6.32. The molecule has 1 unspecified atom stereocenters. The molecule has 1 heteroatoms. The number of allylic oxidation sites excluding steroid dienone is 2. The van der Waals surface area contributed by atoms with E-state index in [-0.39, 0.29) is 0 Å². The number of rotatable bonds is 2. The third kappa shape index (κ3) is 1.47. The van der Waals surface area contributed by atoms with Crippen LogP contribution in [0.4, 0.5) is 0 Å². The zero-order chi connectivity index (χ0) is 7.78. The maximum atomic E-state index is 10.2. The van der Waals surface area contributed by atoms with Crippen molar-refractivity contribution in [2.75, 3.05) is 0 Å². The molecular formula is C9H14O. The van der Waals surface area contributed by atoms with Gasteiger partial charge in [0, 0.05) is 0 Å². The first-order chi connectivity index (χ1) is 4.56. The van der Waals surface area contributed by atoms with E-state index in [9.17, 15) is 4.79 Å². The van der Waals surface area contributed by atoms with Gasteiger partial charge in [0.05, 0.1) is 0 Å². The van der Waals surface area contributed by atoms with Crippen molar-refractivity contribution in [1.29, 1.82) is 0 Å². The molecule has 1 rings (SSSR count). The molecule has 10 heavy (non-hydrogen) atoms. The Morgan fingerprint density at radius 2 is 2.10 bits per heavy atom. The molecule has 1 aliphatic carbocycles. The molecule has 0 aliphatic heterocycles. The first kappa shape index (κ1) is 7.52. The van der Waals surface area contributed by atoms with Crippen molar-refractivity contribution in [2.24, 2.45) is 11.3 Å². The highest BCUT2D eigenvalue weighted by atomic mass is 16.1. The number of aldehydes is 1. The van der Waals surface area contributed by atoms with Crippen LogP contribution in [0.5, 0.6) is 0 Å². The average molecular weight is 138 g/mol. The Bertz CT molecular complexity index is 177. The predicted molar refractivity (Wildman–Crippen MR) is 41.7 cm³/mol. The van der Waals surface area contributed by atoms with Crippen molar-refractivity contribution >= 4 is 6.29 Å². The van der Waals surface area contributed by atoms with E-state index in [1.165, 1.54) is 6.42 Å². The van der Waals surface area contributed by atoms with Gasteiger partial charge in [0.2, 0.25) is 0 Å². The fraction of sp³-hybridized carbons (Fsp3) is 0.667. The van der Waals surface area contributed by atoms with Gasteiger partial charge >= 0.3 is 0 Å². The third-order valence-corrected chi connectivity index (χ3v) is 2.24. The quantitative estimate of drug-likeness (QED) is 0.422. The lowest BCUT2D eigenvalue weighted by atomic mass is 10.1. The molecule has 0 radical (unpaired) electrons. The van der Waals surface area contributed by atoms with Crippen LogP contribution in [0.2, 0.25) is 0 Å². The highest BCUT2D eigenvalue weighted by Crippen LogP contribution is 2.52. The predicted octanol–water partition coefficient (Wildman–Crippen LogP) is 2.18. The molecular weight excluding hydrogens is 124 g/mol. The molecule has 0 saturated heterocycles. The van der Waals surface area contributed by atoms with E-state index in [0.29, 0.717) is 11.3 Å². The molecule has 0 amide bonds. The van der Waals surface area contributed by atoms with Crippen molar-refractivity contribution in [2.45, 2.75) is 27.2 Å². The van der Waals surface area contributed by atoms with E-state index >= 15 is 0 Å². The molecule has 1 saturated carbocycles. The van der Waals surface area contributed by atoms with Gasteiger partial charge in [-0.05, 0) is 30.3 Å². The second-order valence-corrected chi connectivity index (χ2v) is 3.83. The van der Waals surface area contributed by atoms with Gasteiger partial charge < -0.3 is 0 Å². The summed E-state index contributed by atoms with van der Waals surface area (Å²) in [5.74, 6) is 0.651. The number of carbonyl (C=O) groups is 1. The van der Waals surface area contributed by atoms with E-state index in [1.807, 2.05) is 6.92 Å². The van der Waals surface area contributed by atoms with Crippen LogP contribution >= 0.6 is 0 Å². The summed E-state index contributed by atoms with van der Waals surface area (Å²) in [6.07, 6.45) is 4.24. The molecule has 0 spiro atoms. The Morgan fingerprint density at radius 3 is 2.40 bits per heavy atom. The standard InChI is InChI=1S/C9H14O/c1-7(6-10)4-8-5-9(8,2)3/h4,6,8H,5H2,1-3H3/b7-4-. The molecule has 56 valence electrons. The smallest absolute Gasteiger partial charge is 0.145 e. The lowest BCUT2D eigenvalue weighted by Gasteiger charge is -1.96. The minimum absolute atomic E-state index is 0.463. The van der Waals surface area contributed by atoms with E-state index in [0.717, 1.165) is 11.9 Å². The SMILES string of the molecule is C/C(C=O)=C/C1CC1(C)C. The molecule has 1 atom stereocenters. The summed E-state index contributed by atoms with van der Waals surface area (Å²) in [4.78, 5) is 10.2. The topological polar surface area (TPSA) is 17.1 Å². The number of carbonyl (C=O) groups excluding carboxylic acids is 1. The van der Waals surface area contributed by atoms with Crippen LogP contribution in [0.25, 0.3) is 0 Å². The van der Waals surface area contributed by atoms with Crippen LogP contribution in [-0.4, -0.2) is 6.29 Å². The van der Waals surface area contributed by atoms with Crippen LogP contribution in [-0.2, 0) is 4.79 Å². The van der Waals surface area contributed by atoms with Gasteiger partial charge in [0.15, 0.2) is 0 Å². The van der Waals surface area contributed by atoms with Crippen LogP contribution < -0.4 is 0 Å². The van der Waals surface area contributed by atoms with Crippen molar-refractivity contribution in [3.8, 4) is 0 Å². The van der Waals surface area contributed by atoms with Crippen LogP contribution in [0.15, 0.2) is 11.6 Å². The molecule has 1 aliphatic rings. The van der Waals surface area contributed by atoms with E-state index in [4.69, 9.17) is 0 Å². The number of hydrogen-bond donors (Lipinski definition) is 0. The average Bonchev–Trinajstić information content (AvgIpc) is 2.40. The maximum absolute atomic E-state index is 10.2. The summed E-state index contributed by atoms with van der Waals surface area (Å²) in [5.41, 5.74) is 1.33. The van der Waals surface area contributed by atoms with E-state index < -0.39 is 0 Å². The van der Waals surface area contributed by atoms with Gasteiger partial charge in [0.25, 0.3) is 0 Å². The molecule has 0 aromatic heterocycles. The van der Waals surface area contributed by atoms with Gasteiger partial charge in [-0.2, -0.15) is 0 Å². The minimum atomic E-state index is 0.463. The number of hydrogen-bond acceptors (Lipinski definition) is 1. The lowest BCUT2D eigenvalue weighted by Crippen LogP contribution is -1.87. The van der Waals surface area contributed by atoms with Crippen molar-refractivity contribution in [3.63, 3.8) is 0 Å². The molecule has 0 aromatic rings. The Balaban J connectivity index is 2.50. The second kappa shape index (κ2) is 2.22. The second-order valence-electron chi connectivity index (χ2n) is 3.83. The first-order valence-corrected chi connectivity index (χ1v) is 3.70. The zero-order valence-corrected chi connectivity index (χ0v) is 6.85. The van der Waals surface area contributed by atoms with Crippen LogP contribution in [0.1, 0.15) is 27.2 Å². The highest BCUT2D eigenvalue weighted by molar-refractivity contribution is 5.72. The van der Waals surface area contributed by atoms with E-state index in [1.54, 1.807) is 0 Å². The minimum Gasteiger partial charge on any atom is -0.298 e. The van der Waals surface area contributed by atoms with Crippen molar-refractivity contribution < 1.29 is 4.79 Å². The zero-order valence-electron chi connectivity index (χ0n) is 6.85. The first-order valence-electron chi connectivity index (χ1n) is 3.70. The molecule has 0 N–H and O–H groups in total. The highest BCUT2D eigenvalue weighted by Gasteiger charge is 2.43. The van der Waals surface area contributed by atoms with Gasteiger partial charge in [-0.25, -0.2) is 0 Å². The van der Waals surface area contributed by atoms with Gasteiger partial charge in [-0.15, -0.1) is 0 Å². The Morgan fingerprint density at radius 1 is 1.60 bits per heavy atom. The summed E-state index contributed by atoms with van der Waals surface area (Å²) >= 11 is 0. The maximum Gasteiger partial charge on any atom is 0.145 e. The summed E-state index contributed by atoms with van der Waals surface area (Å²) in [7, 11) is 0.